The fourth-order valence-electron chi connectivity index (χ4n) is 5.57. The number of thiophene rings is 1. The van der Waals surface area contributed by atoms with Crippen LogP contribution in [-0.2, 0) is 0 Å². The first-order valence-electron chi connectivity index (χ1n) is 9.09. The van der Waals surface area contributed by atoms with Crippen molar-refractivity contribution in [3.05, 3.63) is 21.9 Å². The van der Waals surface area contributed by atoms with Crippen LogP contribution in [0.3, 0.4) is 0 Å². The van der Waals surface area contributed by atoms with Crippen LogP contribution in [0, 0.1) is 17.8 Å². The summed E-state index contributed by atoms with van der Waals surface area (Å²) in [5.74, 6) is 1.85. The number of carbonyl (C=O) groups excluding carboxylic acids is 2. The third kappa shape index (κ3) is 3.27. The Morgan fingerprint density at radius 1 is 1.16 bits per heavy atom. The molecule has 7 heteroatoms. The molecule has 0 aliphatic heterocycles. The van der Waals surface area contributed by atoms with Crippen molar-refractivity contribution in [2.75, 3.05) is 0 Å². The molecule has 6 nitrogen and oxygen atoms in total. The van der Waals surface area contributed by atoms with E-state index in [9.17, 15) is 9.59 Å². The second-order valence-corrected chi connectivity index (χ2v) is 9.28. The molecule has 5 rings (SSSR count). The molecule has 3 amide bonds. The first-order valence-corrected chi connectivity index (χ1v) is 9.91. The maximum atomic E-state index is 12.6. The van der Waals surface area contributed by atoms with Crippen LogP contribution in [-0.4, -0.2) is 22.7 Å². The Kier molecular flexibility index (Phi) is 4.24. The topological polar surface area (TPSA) is 90.5 Å². The average molecular weight is 363 g/mol. The van der Waals surface area contributed by atoms with Gasteiger partial charge in [-0.25, -0.2) is 10.3 Å². The molecule has 0 saturated heterocycles. The lowest BCUT2D eigenvalue weighted by Crippen LogP contribution is -2.61. The van der Waals surface area contributed by atoms with Crippen LogP contribution in [0.25, 0.3) is 0 Å². The van der Waals surface area contributed by atoms with Crippen molar-refractivity contribution in [2.45, 2.75) is 57.0 Å². The molecular formula is C18H25N3O3S. The van der Waals surface area contributed by atoms with Gasteiger partial charge in [0.05, 0.1) is 10.9 Å². The van der Waals surface area contributed by atoms with Gasteiger partial charge in [0.1, 0.15) is 0 Å². The van der Waals surface area contributed by atoms with E-state index >= 15 is 0 Å². The van der Waals surface area contributed by atoms with Crippen molar-refractivity contribution < 1.29 is 14.8 Å². The predicted octanol–water partition coefficient (Wildman–Crippen LogP) is 3.20. The van der Waals surface area contributed by atoms with Gasteiger partial charge in [-0.15, -0.1) is 11.3 Å². The van der Waals surface area contributed by atoms with Crippen LogP contribution >= 0.6 is 11.3 Å². The van der Waals surface area contributed by atoms with Gasteiger partial charge in [-0.1, -0.05) is 0 Å². The van der Waals surface area contributed by atoms with Crippen molar-refractivity contribution in [3.8, 4) is 0 Å². The molecule has 4 aliphatic rings. The summed E-state index contributed by atoms with van der Waals surface area (Å²) in [6, 6.07) is 3.17. The monoisotopic (exact) mass is 363 g/mol. The van der Waals surface area contributed by atoms with E-state index < -0.39 is 5.91 Å². The quantitative estimate of drug-likeness (QED) is 0.489. The minimum Gasteiger partial charge on any atom is -0.333 e. The lowest BCUT2D eigenvalue weighted by atomic mass is 9.53. The Labute approximate surface area is 151 Å². The number of carbonyl (C=O) groups is 2. The maximum Gasteiger partial charge on any atom is 0.315 e. The highest BCUT2D eigenvalue weighted by molar-refractivity contribution is 7.14. The van der Waals surface area contributed by atoms with Crippen molar-refractivity contribution in [1.82, 2.24) is 16.1 Å². The molecule has 4 N–H and O–H groups in total. The van der Waals surface area contributed by atoms with E-state index in [2.05, 4.69) is 10.6 Å². The zero-order chi connectivity index (χ0) is 17.6. The Balaban J connectivity index is 1.37. The molecule has 1 aromatic rings. The summed E-state index contributed by atoms with van der Waals surface area (Å²) in [6.07, 6.45) is 7.43. The van der Waals surface area contributed by atoms with Crippen LogP contribution in [0.4, 0.5) is 4.79 Å². The molecule has 0 aromatic carbocycles. The number of hydrogen-bond donors (Lipinski definition) is 4. The largest absolute Gasteiger partial charge is 0.333 e. The van der Waals surface area contributed by atoms with Crippen LogP contribution in [0.5, 0.6) is 0 Å². The minimum absolute atomic E-state index is 0.00403. The summed E-state index contributed by atoms with van der Waals surface area (Å²) in [5, 5.41) is 15.0. The summed E-state index contributed by atoms with van der Waals surface area (Å²) in [4.78, 5) is 25.3. The molecule has 136 valence electrons. The summed E-state index contributed by atoms with van der Waals surface area (Å²) in [6.45, 7) is 1.91. The number of rotatable bonds is 4. The van der Waals surface area contributed by atoms with E-state index in [0.717, 1.165) is 41.9 Å². The Hall–Kier alpha value is -1.60. The SMILES string of the molecule is C[C@@H](NC(=O)NC12CC3CC(CC(C3)C1)C2)c1ccc(C(=O)NO)s1. The molecule has 25 heavy (non-hydrogen) atoms. The number of urea groups is 1. The average Bonchev–Trinajstić information content (AvgIpc) is 3.02. The van der Waals surface area contributed by atoms with Gasteiger partial charge in [0.25, 0.3) is 5.91 Å². The zero-order valence-corrected chi connectivity index (χ0v) is 15.2. The molecule has 1 aromatic heterocycles. The van der Waals surface area contributed by atoms with Gasteiger partial charge >= 0.3 is 6.03 Å². The van der Waals surface area contributed by atoms with Gasteiger partial charge in [0.2, 0.25) is 0 Å². The van der Waals surface area contributed by atoms with Crippen LogP contribution in [0.2, 0.25) is 0 Å². The Morgan fingerprint density at radius 3 is 2.32 bits per heavy atom. The van der Waals surface area contributed by atoms with Crippen LogP contribution < -0.4 is 16.1 Å². The van der Waals surface area contributed by atoms with Gasteiger partial charge in [-0.05, 0) is 75.3 Å². The Morgan fingerprint density at radius 2 is 1.76 bits per heavy atom. The molecule has 1 atom stereocenters. The smallest absolute Gasteiger partial charge is 0.315 e. The third-order valence-electron chi connectivity index (χ3n) is 6.14. The normalized spacial score (nSPS) is 33.8. The molecule has 4 bridgehead atoms. The summed E-state index contributed by atoms with van der Waals surface area (Å²) < 4.78 is 0. The van der Waals surface area contributed by atoms with Gasteiger partial charge < -0.3 is 10.6 Å². The predicted molar refractivity (Wildman–Crippen MR) is 94.6 cm³/mol. The molecule has 4 fully saturated rings. The van der Waals surface area contributed by atoms with Crippen molar-refractivity contribution in [3.63, 3.8) is 0 Å². The first-order chi connectivity index (χ1) is 12.0. The van der Waals surface area contributed by atoms with E-state index in [0.29, 0.717) is 4.88 Å². The van der Waals surface area contributed by atoms with Crippen molar-refractivity contribution in [1.29, 1.82) is 0 Å². The second kappa shape index (κ2) is 6.29. The molecule has 0 unspecified atom stereocenters. The first kappa shape index (κ1) is 16.8. The van der Waals surface area contributed by atoms with E-state index in [1.807, 2.05) is 13.0 Å². The summed E-state index contributed by atoms with van der Waals surface area (Å²) in [7, 11) is 0. The van der Waals surface area contributed by atoms with E-state index in [1.165, 1.54) is 30.6 Å². The fourth-order valence-corrected chi connectivity index (χ4v) is 6.47. The van der Waals surface area contributed by atoms with Gasteiger partial charge in [-0.3, -0.25) is 10.0 Å². The second-order valence-electron chi connectivity index (χ2n) is 8.16. The van der Waals surface area contributed by atoms with Gasteiger partial charge in [0, 0.05) is 10.4 Å². The summed E-state index contributed by atoms with van der Waals surface area (Å²) >= 11 is 1.27. The lowest BCUT2D eigenvalue weighted by Gasteiger charge is -2.56. The standard InChI is InChI=1S/C18H25N3O3S/c1-10(14-2-3-15(25-14)16(22)21-24)19-17(23)20-18-7-11-4-12(8-18)6-13(5-11)9-18/h2-3,10-13,24H,4-9H2,1H3,(H,21,22)(H2,19,20,23)/t10-,11?,12?,13?,18?/m1/s1. The molecule has 1 heterocycles. The third-order valence-corrected chi connectivity index (χ3v) is 7.41. The van der Waals surface area contributed by atoms with Crippen LogP contribution in [0.1, 0.15) is 66.0 Å². The van der Waals surface area contributed by atoms with Gasteiger partial charge in [-0.2, -0.15) is 0 Å². The van der Waals surface area contributed by atoms with Crippen molar-refractivity contribution in [2.24, 2.45) is 17.8 Å². The minimum atomic E-state index is -0.526. The molecule has 0 spiro atoms. The highest BCUT2D eigenvalue weighted by atomic mass is 32.1. The zero-order valence-electron chi connectivity index (χ0n) is 14.4. The Bertz CT molecular complexity index is 652. The number of hydrogen-bond acceptors (Lipinski definition) is 4. The van der Waals surface area contributed by atoms with Gasteiger partial charge in [0.15, 0.2) is 0 Å². The van der Waals surface area contributed by atoms with E-state index in [1.54, 1.807) is 11.5 Å². The summed E-state index contributed by atoms with van der Waals surface area (Å²) in [5.41, 5.74) is 1.63. The molecule has 4 saturated carbocycles. The number of amides is 3. The van der Waals surface area contributed by atoms with Crippen molar-refractivity contribution >= 4 is 23.3 Å². The lowest BCUT2D eigenvalue weighted by molar-refractivity contribution is -0.0136. The highest BCUT2D eigenvalue weighted by Crippen LogP contribution is 2.55. The number of hydroxylamine groups is 1. The maximum absolute atomic E-state index is 12.6. The van der Waals surface area contributed by atoms with E-state index in [4.69, 9.17) is 5.21 Å². The van der Waals surface area contributed by atoms with Crippen LogP contribution in [0.15, 0.2) is 12.1 Å². The molecular weight excluding hydrogens is 338 g/mol. The number of nitrogens with one attached hydrogen (secondary N) is 3. The van der Waals surface area contributed by atoms with E-state index in [-0.39, 0.29) is 17.6 Å². The molecule has 0 radical (unpaired) electrons. The highest BCUT2D eigenvalue weighted by Gasteiger charge is 2.51. The fraction of sp³-hybridized carbons (Fsp3) is 0.667. The molecule has 4 aliphatic carbocycles.